The number of rotatable bonds is 56. The van der Waals surface area contributed by atoms with Gasteiger partial charge >= 0.3 is 17.9 Å². The molecule has 0 N–H and O–H groups in total. The number of ether oxygens (including phenoxy) is 3. The van der Waals surface area contributed by atoms with Gasteiger partial charge in [0.15, 0.2) is 6.10 Å². The minimum absolute atomic E-state index is 0.0787. The number of hydrogen-bond acceptors (Lipinski definition) is 6. The van der Waals surface area contributed by atoms with Crippen molar-refractivity contribution in [3.05, 3.63) is 85.1 Å². The third kappa shape index (κ3) is 59.3. The summed E-state index contributed by atoms with van der Waals surface area (Å²) in [6.45, 7) is 6.47. The van der Waals surface area contributed by atoms with Gasteiger partial charge in [0, 0.05) is 19.3 Å². The van der Waals surface area contributed by atoms with Crippen molar-refractivity contribution in [2.24, 2.45) is 0 Å². The molecule has 0 aliphatic heterocycles. The van der Waals surface area contributed by atoms with Crippen LogP contribution >= 0.6 is 0 Å². The first-order chi connectivity index (χ1) is 36.0. The van der Waals surface area contributed by atoms with E-state index in [1.165, 1.54) is 141 Å². The largest absolute Gasteiger partial charge is 0.462 e. The first-order valence-electron chi connectivity index (χ1n) is 31.1. The van der Waals surface area contributed by atoms with Gasteiger partial charge in [-0.05, 0) is 89.9 Å². The van der Waals surface area contributed by atoms with Crippen LogP contribution in [0, 0.1) is 0 Å². The van der Waals surface area contributed by atoms with Gasteiger partial charge in [0.1, 0.15) is 13.2 Å². The van der Waals surface area contributed by atoms with Crippen molar-refractivity contribution < 1.29 is 28.6 Å². The van der Waals surface area contributed by atoms with Crippen LogP contribution in [0.1, 0.15) is 303 Å². The van der Waals surface area contributed by atoms with Crippen LogP contribution in [-0.2, 0) is 28.6 Å². The molecule has 0 spiro atoms. The number of carbonyl (C=O) groups is 3. The maximum Gasteiger partial charge on any atom is 0.306 e. The molecule has 0 aromatic rings. The molecule has 6 heteroatoms. The normalized spacial score (nSPS) is 12.6. The number of hydrogen-bond donors (Lipinski definition) is 0. The van der Waals surface area contributed by atoms with Crippen LogP contribution in [0.25, 0.3) is 0 Å². The van der Waals surface area contributed by atoms with E-state index in [0.29, 0.717) is 19.3 Å². The quantitative estimate of drug-likeness (QED) is 0.0261. The smallest absolute Gasteiger partial charge is 0.306 e. The fourth-order valence-corrected chi connectivity index (χ4v) is 8.74. The highest BCUT2D eigenvalue weighted by molar-refractivity contribution is 5.71. The summed E-state index contributed by atoms with van der Waals surface area (Å²) in [5.74, 6) is -0.884. The molecule has 0 radical (unpaired) electrons. The van der Waals surface area contributed by atoms with Gasteiger partial charge in [-0.15, -0.1) is 0 Å². The van der Waals surface area contributed by atoms with Gasteiger partial charge in [-0.25, -0.2) is 0 Å². The zero-order valence-corrected chi connectivity index (χ0v) is 48.1. The second-order valence-corrected chi connectivity index (χ2v) is 20.6. The summed E-state index contributed by atoms with van der Waals surface area (Å²) in [7, 11) is 0. The van der Waals surface area contributed by atoms with Crippen LogP contribution in [-0.4, -0.2) is 37.2 Å². The lowest BCUT2D eigenvalue weighted by molar-refractivity contribution is -0.167. The van der Waals surface area contributed by atoms with E-state index in [1.54, 1.807) is 0 Å². The van der Waals surface area contributed by atoms with Gasteiger partial charge in [-0.2, -0.15) is 0 Å². The fourth-order valence-electron chi connectivity index (χ4n) is 8.74. The van der Waals surface area contributed by atoms with E-state index in [9.17, 15) is 14.4 Å². The van der Waals surface area contributed by atoms with Crippen LogP contribution in [0.2, 0.25) is 0 Å². The Morgan fingerprint density at radius 2 is 0.562 bits per heavy atom. The first-order valence-corrected chi connectivity index (χ1v) is 31.1. The molecule has 0 rings (SSSR count). The summed E-state index contributed by atoms with van der Waals surface area (Å²) in [5.41, 5.74) is 0. The predicted molar refractivity (Wildman–Crippen MR) is 316 cm³/mol. The molecule has 420 valence electrons. The summed E-state index contributed by atoms with van der Waals surface area (Å²) < 4.78 is 16.9. The summed E-state index contributed by atoms with van der Waals surface area (Å²) in [4.78, 5) is 38.2. The molecule has 0 fully saturated rings. The van der Waals surface area contributed by atoms with Gasteiger partial charge < -0.3 is 14.2 Å². The van der Waals surface area contributed by atoms with Gasteiger partial charge in [-0.3, -0.25) is 14.4 Å². The molecular formula is C67H116O6. The monoisotopic (exact) mass is 1020 g/mol. The van der Waals surface area contributed by atoms with E-state index in [-0.39, 0.29) is 31.1 Å². The summed E-state index contributed by atoms with van der Waals surface area (Å²) in [6.07, 6.45) is 80.2. The van der Waals surface area contributed by atoms with Gasteiger partial charge in [-0.1, -0.05) is 279 Å². The maximum atomic E-state index is 12.8. The Balaban J connectivity index is 4.20. The van der Waals surface area contributed by atoms with E-state index in [2.05, 4.69) is 106 Å². The second kappa shape index (κ2) is 61.1. The third-order valence-electron chi connectivity index (χ3n) is 13.4. The highest BCUT2D eigenvalue weighted by atomic mass is 16.6. The zero-order chi connectivity index (χ0) is 52.9. The van der Waals surface area contributed by atoms with Crippen molar-refractivity contribution in [2.45, 2.75) is 309 Å². The molecule has 1 atom stereocenters. The molecule has 0 aliphatic carbocycles. The van der Waals surface area contributed by atoms with Crippen LogP contribution in [0.3, 0.4) is 0 Å². The molecule has 0 heterocycles. The van der Waals surface area contributed by atoms with E-state index in [0.717, 1.165) is 122 Å². The summed E-state index contributed by atoms with van der Waals surface area (Å²) in [6, 6.07) is 0. The lowest BCUT2D eigenvalue weighted by Crippen LogP contribution is -2.30. The highest BCUT2D eigenvalue weighted by Crippen LogP contribution is 2.16. The van der Waals surface area contributed by atoms with Crippen LogP contribution in [0.15, 0.2) is 85.1 Å². The predicted octanol–water partition coefficient (Wildman–Crippen LogP) is 21.1. The Bertz CT molecular complexity index is 1400. The molecule has 0 bridgehead atoms. The van der Waals surface area contributed by atoms with E-state index in [1.807, 2.05) is 0 Å². The first kappa shape index (κ1) is 69.6. The second-order valence-electron chi connectivity index (χ2n) is 20.6. The van der Waals surface area contributed by atoms with E-state index < -0.39 is 6.10 Å². The van der Waals surface area contributed by atoms with Crippen molar-refractivity contribution in [2.75, 3.05) is 13.2 Å². The summed E-state index contributed by atoms with van der Waals surface area (Å²) >= 11 is 0. The molecule has 0 saturated carbocycles. The zero-order valence-electron chi connectivity index (χ0n) is 48.1. The molecular weight excluding hydrogens is 901 g/mol. The molecule has 0 amide bonds. The fraction of sp³-hybridized carbons (Fsp3) is 0.746. The topological polar surface area (TPSA) is 78.9 Å². The lowest BCUT2D eigenvalue weighted by atomic mass is 10.0. The van der Waals surface area contributed by atoms with E-state index in [4.69, 9.17) is 14.2 Å². The average molecular weight is 1020 g/mol. The molecule has 0 saturated heterocycles. The SMILES string of the molecule is CC/C=C\C/C=C\C/C=C\C/C=C\C/C=C\CCCCCCCCCCCCCCCC(=O)OCC(COC(=O)CCCCCCCCCCCCCCC)OC(=O)CCCCCCC/C=C\C/C=C\CCC. The lowest BCUT2D eigenvalue weighted by Gasteiger charge is -2.18. The Kier molecular flexibility index (Phi) is 58.3. The molecule has 0 aromatic heterocycles. The molecule has 0 aromatic carbocycles. The number of allylic oxidation sites excluding steroid dienone is 14. The van der Waals surface area contributed by atoms with Crippen molar-refractivity contribution in [3.63, 3.8) is 0 Å². The number of esters is 3. The van der Waals surface area contributed by atoms with Crippen LogP contribution in [0.4, 0.5) is 0 Å². The Morgan fingerprint density at radius 1 is 0.288 bits per heavy atom. The van der Waals surface area contributed by atoms with Crippen molar-refractivity contribution >= 4 is 17.9 Å². The molecule has 6 nitrogen and oxygen atoms in total. The minimum Gasteiger partial charge on any atom is -0.462 e. The Morgan fingerprint density at radius 3 is 0.890 bits per heavy atom. The molecule has 73 heavy (non-hydrogen) atoms. The van der Waals surface area contributed by atoms with Crippen molar-refractivity contribution in [3.8, 4) is 0 Å². The molecule has 1 unspecified atom stereocenters. The maximum absolute atomic E-state index is 12.8. The van der Waals surface area contributed by atoms with Gasteiger partial charge in [0.2, 0.25) is 0 Å². The van der Waals surface area contributed by atoms with Gasteiger partial charge in [0.25, 0.3) is 0 Å². The Labute approximate surface area is 452 Å². The third-order valence-corrected chi connectivity index (χ3v) is 13.4. The number of unbranched alkanes of at least 4 members (excludes halogenated alkanes) is 31. The number of carbonyl (C=O) groups excluding carboxylic acids is 3. The summed E-state index contributed by atoms with van der Waals surface area (Å²) in [5, 5.41) is 0. The van der Waals surface area contributed by atoms with Crippen LogP contribution in [0.5, 0.6) is 0 Å². The standard InChI is InChI=1S/C67H116O6/c1-4-7-10-13-16-19-22-25-26-27-28-29-30-31-32-33-34-35-36-37-38-39-40-43-45-48-51-54-57-60-66(69)72-63-64(73-67(70)61-58-55-52-49-46-42-24-21-18-15-12-9-6-3)62-71-65(68)59-56-53-50-47-44-41-23-20-17-14-11-8-5-2/h7,10,12,15-16,19,21,24-26,28-29,31-32,64H,4-6,8-9,11,13-14,17-18,20,22-23,27,30,33-63H2,1-3H3/b10-7-,15-12-,19-16-,24-21-,26-25-,29-28-,32-31-. The van der Waals surface area contributed by atoms with Crippen LogP contribution < -0.4 is 0 Å². The molecule has 0 aliphatic rings. The van der Waals surface area contributed by atoms with Crippen molar-refractivity contribution in [1.29, 1.82) is 0 Å². The van der Waals surface area contributed by atoms with Crippen molar-refractivity contribution in [1.82, 2.24) is 0 Å². The minimum atomic E-state index is -0.782. The van der Waals surface area contributed by atoms with Gasteiger partial charge in [0.05, 0.1) is 0 Å². The Hall–Kier alpha value is -3.41. The van der Waals surface area contributed by atoms with E-state index >= 15 is 0 Å². The average Bonchev–Trinajstić information content (AvgIpc) is 3.39. The highest BCUT2D eigenvalue weighted by Gasteiger charge is 2.19.